The number of carbonyl (C=O) groups excluding carboxylic acids is 1. The third-order valence-corrected chi connectivity index (χ3v) is 5.31. The van der Waals surface area contributed by atoms with Crippen molar-refractivity contribution in [1.82, 2.24) is 4.98 Å². The van der Waals surface area contributed by atoms with E-state index in [9.17, 15) is 4.79 Å². The third kappa shape index (κ3) is 3.31. The molecule has 0 bridgehead atoms. The largest absolute Gasteiger partial charge is 0.448 e. The smallest absolute Gasteiger partial charge is 0.280 e. The van der Waals surface area contributed by atoms with Crippen molar-refractivity contribution >= 4 is 28.9 Å². The van der Waals surface area contributed by atoms with Crippen molar-refractivity contribution in [1.29, 1.82) is 0 Å². The number of aromatic nitrogens is 1. The lowest BCUT2D eigenvalue weighted by atomic mass is 10.0. The van der Waals surface area contributed by atoms with E-state index in [2.05, 4.69) is 9.88 Å². The van der Waals surface area contributed by atoms with Gasteiger partial charge in [0.1, 0.15) is 6.26 Å². The van der Waals surface area contributed by atoms with Gasteiger partial charge in [-0.1, -0.05) is 11.6 Å². The highest BCUT2D eigenvalue weighted by molar-refractivity contribution is 6.31. The van der Waals surface area contributed by atoms with Gasteiger partial charge in [-0.15, -0.1) is 0 Å². The molecule has 26 heavy (non-hydrogen) atoms. The fourth-order valence-corrected chi connectivity index (χ4v) is 3.78. The number of nitrogens with zero attached hydrogens (tertiary/aromatic N) is 3. The summed E-state index contributed by atoms with van der Waals surface area (Å²) in [7, 11) is 2.03. The van der Waals surface area contributed by atoms with E-state index in [4.69, 9.17) is 20.8 Å². The highest BCUT2D eigenvalue weighted by Crippen LogP contribution is 2.35. The maximum atomic E-state index is 13.1. The van der Waals surface area contributed by atoms with Crippen LogP contribution in [0.2, 0.25) is 5.02 Å². The van der Waals surface area contributed by atoms with Crippen molar-refractivity contribution in [3.05, 3.63) is 41.1 Å². The first kappa shape index (κ1) is 17.4. The molecule has 1 aromatic heterocycles. The highest BCUT2D eigenvalue weighted by atomic mass is 35.5. The number of amides is 1. The summed E-state index contributed by atoms with van der Waals surface area (Å²) in [6, 6.07) is 5.65. The first-order valence-corrected chi connectivity index (χ1v) is 9.37. The quantitative estimate of drug-likeness (QED) is 0.800. The molecule has 0 atom stereocenters. The number of benzene rings is 1. The fraction of sp³-hybridized carbons (Fsp3) is 0.474. The number of rotatable bonds is 2. The monoisotopic (exact) mass is 375 g/mol. The molecule has 4 rings (SSSR count). The summed E-state index contributed by atoms with van der Waals surface area (Å²) < 4.78 is 11.0. The molecule has 1 fully saturated rings. The molecule has 3 heterocycles. The Labute approximate surface area is 157 Å². The molecular formula is C19H22ClN3O3. The lowest BCUT2D eigenvalue weighted by Gasteiger charge is -2.24. The summed E-state index contributed by atoms with van der Waals surface area (Å²) in [5.74, 6) is 0.711. The van der Waals surface area contributed by atoms with Crippen LogP contribution in [0.3, 0.4) is 0 Å². The van der Waals surface area contributed by atoms with Gasteiger partial charge in [-0.3, -0.25) is 4.79 Å². The van der Waals surface area contributed by atoms with Crippen molar-refractivity contribution in [2.75, 3.05) is 43.2 Å². The summed E-state index contributed by atoms with van der Waals surface area (Å²) in [6.45, 7) is 2.92. The molecule has 1 aromatic carbocycles. The van der Waals surface area contributed by atoms with Gasteiger partial charge < -0.3 is 19.0 Å². The molecule has 138 valence electrons. The molecule has 0 saturated carbocycles. The van der Waals surface area contributed by atoms with Gasteiger partial charge in [0.25, 0.3) is 5.91 Å². The van der Waals surface area contributed by atoms with Crippen molar-refractivity contribution in [3.8, 4) is 0 Å². The molecule has 7 heteroatoms. The van der Waals surface area contributed by atoms with Crippen molar-refractivity contribution in [2.24, 2.45) is 0 Å². The predicted octanol–water partition coefficient (Wildman–Crippen LogP) is 3.71. The van der Waals surface area contributed by atoms with Crippen LogP contribution < -0.4 is 9.80 Å². The van der Waals surface area contributed by atoms with Crippen molar-refractivity contribution in [3.63, 3.8) is 0 Å². The maximum absolute atomic E-state index is 13.1. The van der Waals surface area contributed by atoms with Crippen LogP contribution in [0, 0.1) is 0 Å². The van der Waals surface area contributed by atoms with Gasteiger partial charge in [0.15, 0.2) is 11.6 Å². The fourth-order valence-electron chi connectivity index (χ4n) is 3.61. The average molecular weight is 376 g/mol. The minimum absolute atomic E-state index is 0.147. The van der Waals surface area contributed by atoms with E-state index in [1.165, 1.54) is 6.26 Å². The Hall–Kier alpha value is -2.05. The summed E-state index contributed by atoms with van der Waals surface area (Å²) in [6.07, 6.45) is 4.10. The first-order chi connectivity index (χ1) is 12.6. The minimum atomic E-state index is -0.147. The molecule has 2 aliphatic rings. The Balaban J connectivity index is 1.63. The molecule has 1 saturated heterocycles. The van der Waals surface area contributed by atoms with Gasteiger partial charge in [-0.05, 0) is 37.5 Å². The first-order valence-electron chi connectivity index (χ1n) is 8.99. The summed E-state index contributed by atoms with van der Waals surface area (Å²) in [5.41, 5.74) is 2.16. The molecule has 0 spiro atoms. The van der Waals surface area contributed by atoms with Gasteiger partial charge in [0, 0.05) is 44.3 Å². The van der Waals surface area contributed by atoms with Gasteiger partial charge >= 0.3 is 0 Å². The van der Waals surface area contributed by atoms with Crippen LogP contribution in [0.15, 0.2) is 28.9 Å². The summed E-state index contributed by atoms with van der Waals surface area (Å²) in [4.78, 5) is 21.5. The van der Waals surface area contributed by atoms with E-state index in [1.807, 2.05) is 25.2 Å². The Morgan fingerprint density at radius 2 is 2.04 bits per heavy atom. The third-order valence-electron chi connectivity index (χ3n) is 5.07. The van der Waals surface area contributed by atoms with E-state index in [0.29, 0.717) is 36.4 Å². The molecule has 0 unspecified atom stereocenters. The van der Waals surface area contributed by atoms with Gasteiger partial charge in [0.05, 0.1) is 11.4 Å². The Morgan fingerprint density at radius 3 is 2.85 bits per heavy atom. The van der Waals surface area contributed by atoms with Crippen LogP contribution in [0.25, 0.3) is 0 Å². The second kappa shape index (κ2) is 7.29. The standard InChI is InChI=1S/C19H22ClN3O3/c1-22-7-2-8-23(17-11-14(20)3-4-16(17)22)19(24)15-12-26-18(21-15)13-5-9-25-10-6-13/h3-4,11-13H,2,5-10H2,1H3. The van der Waals surface area contributed by atoms with E-state index in [1.54, 1.807) is 4.90 Å². The number of carbonyl (C=O) groups is 1. The number of halogens is 1. The number of fused-ring (bicyclic) bond motifs is 1. The zero-order valence-electron chi connectivity index (χ0n) is 14.8. The molecule has 2 aromatic rings. The number of ether oxygens (including phenoxy) is 1. The molecule has 6 nitrogen and oxygen atoms in total. The van der Waals surface area contributed by atoms with E-state index in [-0.39, 0.29) is 11.8 Å². The second-order valence-electron chi connectivity index (χ2n) is 6.82. The SMILES string of the molecule is CN1CCCN(C(=O)c2coc(C3CCOCC3)n2)c2cc(Cl)ccc21. The van der Waals surface area contributed by atoms with Crippen LogP contribution in [-0.2, 0) is 4.74 Å². The predicted molar refractivity (Wildman–Crippen MR) is 100 cm³/mol. The topological polar surface area (TPSA) is 58.8 Å². The Kier molecular flexibility index (Phi) is 4.87. The van der Waals surface area contributed by atoms with Crippen LogP contribution in [0.1, 0.15) is 41.6 Å². The van der Waals surface area contributed by atoms with E-state index < -0.39 is 0 Å². The van der Waals surface area contributed by atoms with Crippen LogP contribution in [-0.4, -0.2) is 44.2 Å². The molecule has 1 amide bonds. The summed E-state index contributed by atoms with van der Waals surface area (Å²) >= 11 is 6.20. The zero-order valence-corrected chi connectivity index (χ0v) is 15.5. The minimum Gasteiger partial charge on any atom is -0.448 e. The van der Waals surface area contributed by atoms with Crippen LogP contribution in [0.5, 0.6) is 0 Å². The zero-order chi connectivity index (χ0) is 18.1. The molecule has 0 N–H and O–H groups in total. The summed E-state index contributed by atoms with van der Waals surface area (Å²) in [5, 5.41) is 0.611. The number of anilines is 2. The van der Waals surface area contributed by atoms with Crippen molar-refractivity contribution in [2.45, 2.75) is 25.2 Å². The Bertz CT molecular complexity index is 801. The lowest BCUT2D eigenvalue weighted by Crippen LogP contribution is -2.32. The second-order valence-corrected chi connectivity index (χ2v) is 7.26. The Morgan fingerprint density at radius 1 is 1.23 bits per heavy atom. The number of hydrogen-bond donors (Lipinski definition) is 0. The molecular weight excluding hydrogens is 354 g/mol. The van der Waals surface area contributed by atoms with Crippen LogP contribution in [0.4, 0.5) is 11.4 Å². The van der Waals surface area contributed by atoms with E-state index in [0.717, 1.165) is 37.2 Å². The van der Waals surface area contributed by atoms with Crippen molar-refractivity contribution < 1.29 is 13.9 Å². The molecule has 2 aliphatic heterocycles. The normalized spacial score (nSPS) is 18.5. The van der Waals surface area contributed by atoms with Gasteiger partial charge in [-0.2, -0.15) is 0 Å². The highest BCUT2D eigenvalue weighted by Gasteiger charge is 2.28. The van der Waals surface area contributed by atoms with Gasteiger partial charge in [-0.25, -0.2) is 4.98 Å². The number of oxazole rings is 1. The van der Waals surface area contributed by atoms with Gasteiger partial charge in [0.2, 0.25) is 0 Å². The molecule has 0 aliphatic carbocycles. The average Bonchev–Trinajstić information content (AvgIpc) is 3.09. The lowest BCUT2D eigenvalue weighted by molar-refractivity contribution is 0.0794. The molecule has 0 radical (unpaired) electrons. The number of hydrogen-bond acceptors (Lipinski definition) is 5. The van der Waals surface area contributed by atoms with E-state index >= 15 is 0 Å². The van der Waals surface area contributed by atoms with Crippen LogP contribution >= 0.6 is 11.6 Å². The maximum Gasteiger partial charge on any atom is 0.280 e.